The van der Waals surface area contributed by atoms with Crippen LogP contribution in [-0.2, 0) is 9.59 Å². The average Bonchev–Trinajstić information content (AvgIpc) is 3.36. The highest BCUT2D eigenvalue weighted by molar-refractivity contribution is 6.30. The number of carbonyl (C=O) groups excluding carboxylic acids is 4. The summed E-state index contributed by atoms with van der Waals surface area (Å²) in [4.78, 5) is 56.4. The molecule has 178 valence electrons. The molecule has 6 rings (SSSR count). The van der Waals surface area contributed by atoms with Gasteiger partial charge in [-0.3, -0.25) is 19.2 Å². The first-order chi connectivity index (χ1) is 17.4. The molecule has 2 amide bonds. The minimum Gasteiger partial charge on any atom is -0.358 e. The van der Waals surface area contributed by atoms with E-state index in [-0.39, 0.29) is 17.5 Å². The third kappa shape index (κ3) is 3.25. The number of hydrogen-bond donors (Lipinski definition) is 0. The molecular formula is C29H21ClN2O4. The van der Waals surface area contributed by atoms with Crippen LogP contribution in [0.5, 0.6) is 0 Å². The van der Waals surface area contributed by atoms with E-state index in [2.05, 4.69) is 0 Å². The van der Waals surface area contributed by atoms with Crippen molar-refractivity contribution >= 4 is 46.7 Å². The highest BCUT2D eigenvalue weighted by Crippen LogP contribution is 2.53. The van der Waals surface area contributed by atoms with E-state index in [1.165, 1.54) is 11.8 Å². The molecule has 0 aliphatic carbocycles. The highest BCUT2D eigenvalue weighted by Gasteiger charge is 2.64. The molecular weight excluding hydrogens is 476 g/mol. The molecule has 6 nitrogen and oxygen atoms in total. The zero-order chi connectivity index (χ0) is 25.1. The Morgan fingerprint density at radius 1 is 0.806 bits per heavy atom. The summed E-state index contributed by atoms with van der Waals surface area (Å²) in [6.45, 7) is 1.46. The van der Waals surface area contributed by atoms with Gasteiger partial charge in [-0.05, 0) is 72.7 Å². The molecule has 7 heteroatoms. The summed E-state index contributed by atoms with van der Waals surface area (Å²) in [7, 11) is 0. The number of ketones is 2. The van der Waals surface area contributed by atoms with Crippen LogP contribution in [0.3, 0.4) is 0 Å². The molecule has 2 fully saturated rings. The van der Waals surface area contributed by atoms with Crippen molar-refractivity contribution in [2.45, 2.75) is 19.0 Å². The van der Waals surface area contributed by atoms with Crippen molar-refractivity contribution in [3.63, 3.8) is 0 Å². The molecule has 0 unspecified atom stereocenters. The van der Waals surface area contributed by atoms with E-state index in [0.717, 1.165) is 11.1 Å². The summed E-state index contributed by atoms with van der Waals surface area (Å²) in [5, 5.41) is 0.507. The molecule has 0 spiro atoms. The van der Waals surface area contributed by atoms with Crippen molar-refractivity contribution in [1.82, 2.24) is 4.90 Å². The van der Waals surface area contributed by atoms with Gasteiger partial charge in [0.2, 0.25) is 11.8 Å². The second-order valence-corrected chi connectivity index (χ2v) is 9.76. The molecule has 3 aromatic rings. The lowest BCUT2D eigenvalue weighted by molar-refractivity contribution is -0.123. The van der Waals surface area contributed by atoms with Crippen LogP contribution in [0.2, 0.25) is 5.02 Å². The van der Waals surface area contributed by atoms with Gasteiger partial charge in [0.25, 0.3) is 0 Å². The van der Waals surface area contributed by atoms with Gasteiger partial charge in [0.05, 0.1) is 23.6 Å². The van der Waals surface area contributed by atoms with Gasteiger partial charge in [-0.25, -0.2) is 4.90 Å². The van der Waals surface area contributed by atoms with E-state index < -0.39 is 29.8 Å². The van der Waals surface area contributed by atoms with E-state index in [1.54, 1.807) is 48.5 Å². The van der Waals surface area contributed by atoms with Crippen LogP contribution in [0.15, 0.2) is 79.0 Å². The maximum absolute atomic E-state index is 13.9. The second kappa shape index (κ2) is 8.28. The fraction of sp³-hybridized carbons (Fsp3) is 0.172. The molecule has 0 N–H and O–H groups in total. The molecule has 4 atom stereocenters. The lowest BCUT2D eigenvalue weighted by Crippen LogP contribution is -2.44. The molecule has 3 aromatic carbocycles. The van der Waals surface area contributed by atoms with Crippen LogP contribution in [0.1, 0.15) is 44.8 Å². The van der Waals surface area contributed by atoms with Crippen molar-refractivity contribution in [2.75, 3.05) is 4.90 Å². The molecule has 0 radical (unpaired) electrons. The topological polar surface area (TPSA) is 74.8 Å². The van der Waals surface area contributed by atoms with Crippen LogP contribution in [0.4, 0.5) is 5.69 Å². The van der Waals surface area contributed by atoms with Crippen molar-refractivity contribution in [3.05, 3.63) is 106 Å². The number of Topliss-reactive ketones (excluding diaryl/α,β-unsaturated/α-hetero) is 2. The Morgan fingerprint density at radius 2 is 1.44 bits per heavy atom. The number of amides is 2. The van der Waals surface area contributed by atoms with Gasteiger partial charge in [0, 0.05) is 22.3 Å². The normalized spacial score (nSPS) is 23.9. The molecule has 2 saturated heterocycles. The fourth-order valence-corrected chi connectivity index (χ4v) is 5.87. The Bertz CT molecular complexity index is 1460. The summed E-state index contributed by atoms with van der Waals surface area (Å²) in [5.74, 6) is -2.66. The summed E-state index contributed by atoms with van der Waals surface area (Å²) in [5.41, 5.74) is 3.19. The first-order valence-electron chi connectivity index (χ1n) is 11.7. The van der Waals surface area contributed by atoms with Gasteiger partial charge in [-0.1, -0.05) is 35.9 Å². The number of imide groups is 1. The largest absolute Gasteiger partial charge is 0.358 e. The molecule has 36 heavy (non-hydrogen) atoms. The zero-order valence-corrected chi connectivity index (χ0v) is 20.1. The smallest absolute Gasteiger partial charge is 0.240 e. The standard InChI is InChI=1S/C29H21ClN2O4/c1-16(33)17-8-12-21(13-9-17)32-28(35)23-24(29(32)36)26(27(34)19-6-10-20(30)11-7-19)31-15-14-18-4-2-3-5-22(18)25(23)31/h2-15,23-26H,1H3/t23-,24+,25+,26-/m0/s1. The summed E-state index contributed by atoms with van der Waals surface area (Å²) in [6.07, 6.45) is 3.75. The lowest BCUT2D eigenvalue weighted by atomic mass is 9.83. The Labute approximate surface area is 212 Å². The van der Waals surface area contributed by atoms with Gasteiger partial charge in [-0.15, -0.1) is 0 Å². The maximum Gasteiger partial charge on any atom is 0.240 e. The van der Waals surface area contributed by atoms with Crippen molar-refractivity contribution in [3.8, 4) is 0 Å². The van der Waals surface area contributed by atoms with Crippen LogP contribution in [-0.4, -0.2) is 34.3 Å². The number of rotatable bonds is 4. The van der Waals surface area contributed by atoms with E-state index >= 15 is 0 Å². The van der Waals surface area contributed by atoms with E-state index in [4.69, 9.17) is 11.6 Å². The maximum atomic E-state index is 13.9. The van der Waals surface area contributed by atoms with Crippen molar-refractivity contribution in [1.29, 1.82) is 0 Å². The fourth-order valence-electron chi connectivity index (χ4n) is 5.74. The summed E-state index contributed by atoms with van der Waals surface area (Å²) >= 11 is 6.03. The van der Waals surface area contributed by atoms with Gasteiger partial charge >= 0.3 is 0 Å². The monoisotopic (exact) mass is 496 g/mol. The average molecular weight is 497 g/mol. The first-order valence-corrected chi connectivity index (χ1v) is 12.1. The Morgan fingerprint density at radius 3 is 2.14 bits per heavy atom. The number of nitrogens with zero attached hydrogens (tertiary/aromatic N) is 2. The molecule has 0 saturated carbocycles. The van der Waals surface area contributed by atoms with Crippen LogP contribution < -0.4 is 4.90 Å². The van der Waals surface area contributed by atoms with Crippen molar-refractivity contribution in [2.24, 2.45) is 11.8 Å². The molecule has 3 aliphatic rings. The molecule has 3 aliphatic heterocycles. The van der Waals surface area contributed by atoms with E-state index in [9.17, 15) is 19.2 Å². The molecule has 0 aromatic heterocycles. The SMILES string of the molecule is CC(=O)c1ccc(N2C(=O)[C@@H]3[C@H](C2=O)[C@H]2c4ccccc4C=CN2[C@@H]3C(=O)c2ccc(Cl)cc2)cc1. The Hall–Kier alpha value is -4.03. The number of carbonyl (C=O) groups is 4. The minimum absolute atomic E-state index is 0.104. The quantitative estimate of drug-likeness (QED) is 0.378. The van der Waals surface area contributed by atoms with E-state index in [0.29, 0.717) is 21.8 Å². The molecule has 3 heterocycles. The van der Waals surface area contributed by atoms with Crippen LogP contribution >= 0.6 is 11.6 Å². The predicted molar refractivity (Wildman–Crippen MR) is 136 cm³/mol. The van der Waals surface area contributed by atoms with Gasteiger partial charge in [0.1, 0.15) is 6.04 Å². The number of benzene rings is 3. The van der Waals surface area contributed by atoms with Crippen LogP contribution in [0.25, 0.3) is 6.08 Å². The zero-order valence-electron chi connectivity index (χ0n) is 19.3. The highest BCUT2D eigenvalue weighted by atomic mass is 35.5. The number of hydrogen-bond acceptors (Lipinski definition) is 5. The molecule has 0 bridgehead atoms. The summed E-state index contributed by atoms with van der Waals surface area (Å²) < 4.78 is 0. The van der Waals surface area contributed by atoms with Gasteiger partial charge < -0.3 is 4.90 Å². The van der Waals surface area contributed by atoms with Crippen LogP contribution in [0, 0.1) is 11.8 Å². The lowest BCUT2D eigenvalue weighted by Gasteiger charge is -2.35. The Kier molecular flexibility index (Phi) is 5.16. The minimum atomic E-state index is -0.853. The van der Waals surface area contributed by atoms with Gasteiger partial charge in [-0.2, -0.15) is 0 Å². The second-order valence-electron chi connectivity index (χ2n) is 9.32. The third-order valence-corrected chi connectivity index (χ3v) is 7.64. The third-order valence-electron chi connectivity index (χ3n) is 7.39. The first kappa shape index (κ1) is 22.4. The number of fused-ring (bicyclic) bond motifs is 5. The summed E-state index contributed by atoms with van der Waals surface area (Å²) in [6, 6.07) is 19.5. The predicted octanol–water partition coefficient (Wildman–Crippen LogP) is 4.94. The number of halogens is 1. The Balaban J connectivity index is 1.47. The van der Waals surface area contributed by atoms with Gasteiger partial charge in [0.15, 0.2) is 11.6 Å². The van der Waals surface area contributed by atoms with Crippen molar-refractivity contribution < 1.29 is 19.2 Å². The number of anilines is 1. The van der Waals surface area contributed by atoms with E-state index in [1.807, 2.05) is 41.4 Å².